The van der Waals surface area contributed by atoms with E-state index in [1.165, 1.54) is 26.4 Å². The van der Waals surface area contributed by atoms with E-state index < -0.39 is 5.97 Å². The SMILES string of the molecule is C=CCc1c(O)cc(OC)cc1C(=O)OC. The molecule has 1 aromatic rings. The second kappa shape index (κ2) is 5.21. The fraction of sp³-hybridized carbons (Fsp3) is 0.250. The maximum atomic E-state index is 11.5. The first-order valence-corrected chi connectivity index (χ1v) is 4.73. The van der Waals surface area contributed by atoms with Crippen molar-refractivity contribution in [3.05, 3.63) is 35.9 Å². The zero-order chi connectivity index (χ0) is 12.1. The Hall–Kier alpha value is -1.97. The van der Waals surface area contributed by atoms with E-state index in [0.29, 0.717) is 23.3 Å². The van der Waals surface area contributed by atoms with Crippen LogP contribution in [0.1, 0.15) is 15.9 Å². The highest BCUT2D eigenvalue weighted by atomic mass is 16.5. The van der Waals surface area contributed by atoms with Crippen LogP contribution in [0.2, 0.25) is 0 Å². The quantitative estimate of drug-likeness (QED) is 0.624. The van der Waals surface area contributed by atoms with Gasteiger partial charge in [0.05, 0.1) is 19.8 Å². The highest BCUT2D eigenvalue weighted by Crippen LogP contribution is 2.28. The third-order valence-electron chi connectivity index (χ3n) is 2.19. The molecule has 86 valence electrons. The summed E-state index contributed by atoms with van der Waals surface area (Å²) < 4.78 is 9.61. The fourth-order valence-corrected chi connectivity index (χ4v) is 1.40. The molecule has 16 heavy (non-hydrogen) atoms. The smallest absolute Gasteiger partial charge is 0.338 e. The average molecular weight is 222 g/mol. The molecule has 0 amide bonds. The molecule has 1 aromatic carbocycles. The Balaban J connectivity index is 3.33. The lowest BCUT2D eigenvalue weighted by molar-refractivity contribution is 0.0598. The van der Waals surface area contributed by atoms with Gasteiger partial charge in [-0.2, -0.15) is 0 Å². The summed E-state index contributed by atoms with van der Waals surface area (Å²) in [5.74, 6) is -0.101. The van der Waals surface area contributed by atoms with Crippen molar-refractivity contribution < 1.29 is 19.4 Å². The third kappa shape index (κ3) is 2.34. The minimum absolute atomic E-state index is 0.000324. The monoisotopic (exact) mass is 222 g/mol. The van der Waals surface area contributed by atoms with Gasteiger partial charge in [0.25, 0.3) is 0 Å². The van der Waals surface area contributed by atoms with E-state index >= 15 is 0 Å². The zero-order valence-electron chi connectivity index (χ0n) is 9.32. The number of hydrogen-bond donors (Lipinski definition) is 1. The number of benzene rings is 1. The summed E-state index contributed by atoms with van der Waals surface area (Å²) in [5, 5.41) is 9.74. The Morgan fingerprint density at radius 3 is 2.69 bits per heavy atom. The molecule has 0 aliphatic heterocycles. The molecule has 0 atom stereocenters. The van der Waals surface area contributed by atoms with Gasteiger partial charge in [0.1, 0.15) is 11.5 Å². The van der Waals surface area contributed by atoms with Crippen LogP contribution in [0.15, 0.2) is 24.8 Å². The van der Waals surface area contributed by atoms with E-state index in [1.807, 2.05) is 0 Å². The molecule has 0 aromatic heterocycles. The van der Waals surface area contributed by atoms with Gasteiger partial charge in [0.15, 0.2) is 0 Å². The Morgan fingerprint density at radius 1 is 1.50 bits per heavy atom. The van der Waals surface area contributed by atoms with Crippen LogP contribution < -0.4 is 4.74 Å². The molecule has 0 radical (unpaired) electrons. The summed E-state index contributed by atoms with van der Waals surface area (Å²) in [4.78, 5) is 11.5. The van der Waals surface area contributed by atoms with Gasteiger partial charge in [0.2, 0.25) is 0 Å². The summed E-state index contributed by atoms with van der Waals surface area (Å²) in [6.45, 7) is 3.57. The summed E-state index contributed by atoms with van der Waals surface area (Å²) in [6, 6.07) is 2.98. The van der Waals surface area contributed by atoms with Crippen molar-refractivity contribution in [3.8, 4) is 11.5 Å². The van der Waals surface area contributed by atoms with Gasteiger partial charge in [-0.05, 0) is 12.5 Å². The number of rotatable bonds is 4. The molecule has 4 heteroatoms. The van der Waals surface area contributed by atoms with Crippen molar-refractivity contribution >= 4 is 5.97 Å². The standard InChI is InChI=1S/C12H14O4/c1-4-5-9-10(12(14)16-3)6-8(15-2)7-11(9)13/h4,6-7,13H,1,5H2,2-3H3. The van der Waals surface area contributed by atoms with Gasteiger partial charge in [-0.25, -0.2) is 4.79 Å². The first-order valence-electron chi connectivity index (χ1n) is 4.73. The van der Waals surface area contributed by atoms with Crippen LogP contribution in [0.5, 0.6) is 11.5 Å². The first kappa shape index (κ1) is 12.1. The molecule has 0 aliphatic rings. The van der Waals surface area contributed by atoms with E-state index in [-0.39, 0.29) is 5.75 Å². The van der Waals surface area contributed by atoms with Crippen molar-refractivity contribution in [1.29, 1.82) is 0 Å². The molecule has 1 rings (SSSR count). The highest BCUT2D eigenvalue weighted by Gasteiger charge is 2.16. The topological polar surface area (TPSA) is 55.8 Å². The number of carbonyl (C=O) groups excluding carboxylic acids is 1. The number of esters is 1. The number of phenolic OH excluding ortho intramolecular Hbond substituents is 1. The Kier molecular flexibility index (Phi) is 3.94. The lowest BCUT2D eigenvalue weighted by atomic mass is 10.0. The number of methoxy groups -OCH3 is 2. The van der Waals surface area contributed by atoms with Crippen LogP contribution in [-0.4, -0.2) is 25.3 Å². The number of hydrogen-bond acceptors (Lipinski definition) is 4. The van der Waals surface area contributed by atoms with Crippen molar-refractivity contribution in [2.45, 2.75) is 6.42 Å². The minimum atomic E-state index is -0.508. The Bertz CT molecular complexity index is 410. The number of carbonyl (C=O) groups is 1. The van der Waals surface area contributed by atoms with E-state index in [9.17, 15) is 9.90 Å². The van der Waals surface area contributed by atoms with Gasteiger partial charge in [-0.1, -0.05) is 6.08 Å². The van der Waals surface area contributed by atoms with E-state index in [0.717, 1.165) is 0 Å². The number of ether oxygens (including phenoxy) is 2. The van der Waals surface area contributed by atoms with Crippen LogP contribution in [0.3, 0.4) is 0 Å². The lowest BCUT2D eigenvalue weighted by Gasteiger charge is -2.10. The summed E-state index contributed by atoms with van der Waals surface area (Å²) in [7, 11) is 2.75. The predicted octanol–water partition coefficient (Wildman–Crippen LogP) is 1.92. The number of allylic oxidation sites excluding steroid dienone is 1. The van der Waals surface area contributed by atoms with Crippen molar-refractivity contribution in [2.75, 3.05) is 14.2 Å². The molecule has 0 spiro atoms. The molecular weight excluding hydrogens is 208 g/mol. The molecule has 0 fully saturated rings. The molecule has 0 saturated carbocycles. The molecule has 1 N–H and O–H groups in total. The van der Waals surface area contributed by atoms with Crippen LogP contribution in [0.25, 0.3) is 0 Å². The third-order valence-corrected chi connectivity index (χ3v) is 2.19. The second-order valence-corrected chi connectivity index (χ2v) is 3.16. The van der Waals surface area contributed by atoms with Gasteiger partial charge in [-0.3, -0.25) is 0 Å². The van der Waals surface area contributed by atoms with E-state index in [1.54, 1.807) is 6.08 Å². The lowest BCUT2D eigenvalue weighted by Crippen LogP contribution is -2.06. The molecule has 4 nitrogen and oxygen atoms in total. The van der Waals surface area contributed by atoms with Gasteiger partial charge in [0, 0.05) is 11.6 Å². The predicted molar refractivity (Wildman–Crippen MR) is 59.9 cm³/mol. The van der Waals surface area contributed by atoms with Crippen LogP contribution in [0.4, 0.5) is 0 Å². The maximum Gasteiger partial charge on any atom is 0.338 e. The highest BCUT2D eigenvalue weighted by molar-refractivity contribution is 5.92. The van der Waals surface area contributed by atoms with Crippen LogP contribution >= 0.6 is 0 Å². The molecule has 0 saturated heterocycles. The van der Waals surface area contributed by atoms with Crippen molar-refractivity contribution in [2.24, 2.45) is 0 Å². The van der Waals surface area contributed by atoms with E-state index in [2.05, 4.69) is 11.3 Å². The Labute approximate surface area is 94.1 Å². The van der Waals surface area contributed by atoms with Crippen LogP contribution in [-0.2, 0) is 11.2 Å². The summed E-state index contributed by atoms with van der Waals surface area (Å²) in [5.41, 5.74) is 0.780. The largest absolute Gasteiger partial charge is 0.507 e. The average Bonchev–Trinajstić information content (AvgIpc) is 2.30. The van der Waals surface area contributed by atoms with E-state index in [4.69, 9.17) is 4.74 Å². The fourth-order valence-electron chi connectivity index (χ4n) is 1.40. The zero-order valence-corrected chi connectivity index (χ0v) is 9.32. The molecular formula is C12H14O4. The Morgan fingerprint density at radius 2 is 2.19 bits per heavy atom. The van der Waals surface area contributed by atoms with Gasteiger partial charge in [-0.15, -0.1) is 6.58 Å². The summed E-state index contributed by atoms with van der Waals surface area (Å²) in [6.07, 6.45) is 1.99. The molecule has 0 aliphatic carbocycles. The van der Waals surface area contributed by atoms with Gasteiger partial charge < -0.3 is 14.6 Å². The number of phenols is 1. The molecule has 0 heterocycles. The van der Waals surface area contributed by atoms with Crippen molar-refractivity contribution in [3.63, 3.8) is 0 Å². The van der Waals surface area contributed by atoms with Crippen molar-refractivity contribution in [1.82, 2.24) is 0 Å². The first-order chi connectivity index (χ1) is 7.63. The second-order valence-electron chi connectivity index (χ2n) is 3.16. The maximum absolute atomic E-state index is 11.5. The minimum Gasteiger partial charge on any atom is -0.507 e. The van der Waals surface area contributed by atoms with Gasteiger partial charge >= 0.3 is 5.97 Å². The molecule has 0 unspecified atom stereocenters. The molecule has 0 bridgehead atoms. The normalized spacial score (nSPS) is 9.62. The van der Waals surface area contributed by atoms with Crippen LogP contribution in [0, 0.1) is 0 Å². The number of aromatic hydroxyl groups is 1. The summed E-state index contributed by atoms with van der Waals surface area (Å²) >= 11 is 0.